The molecule has 6 nitrogen and oxygen atoms in total. The molecule has 0 aliphatic carbocycles. The number of carbonyl (C=O) groups is 2. The molecule has 2 heterocycles. The van der Waals surface area contributed by atoms with E-state index in [1.165, 1.54) is 7.11 Å². The Hall–Kier alpha value is -1.41. The number of hydrogen-bond donors (Lipinski definition) is 0. The number of hydrogen-bond acceptors (Lipinski definition) is 6. The van der Waals surface area contributed by atoms with Crippen molar-refractivity contribution < 1.29 is 23.8 Å². The van der Waals surface area contributed by atoms with Crippen LogP contribution in [0.1, 0.15) is 43.4 Å². The van der Waals surface area contributed by atoms with Gasteiger partial charge in [-0.25, -0.2) is 0 Å². The summed E-state index contributed by atoms with van der Waals surface area (Å²) in [5.74, 6) is 1.77. The Kier molecular flexibility index (Phi) is 7.61. The molecule has 0 unspecified atom stereocenters. The second-order valence-electron chi connectivity index (χ2n) is 7.60. The third-order valence-corrected chi connectivity index (χ3v) is 8.06. The van der Waals surface area contributed by atoms with E-state index in [0.717, 1.165) is 41.5 Å². The first kappa shape index (κ1) is 23.3. The van der Waals surface area contributed by atoms with Gasteiger partial charge in [0, 0.05) is 11.9 Å². The lowest BCUT2D eigenvalue weighted by atomic mass is 9.71. The maximum atomic E-state index is 13.5. The van der Waals surface area contributed by atoms with Crippen molar-refractivity contribution in [2.24, 2.45) is 5.41 Å². The van der Waals surface area contributed by atoms with Crippen LogP contribution in [0.2, 0.25) is 0 Å². The molecule has 1 fully saturated rings. The highest BCUT2D eigenvalue weighted by Gasteiger charge is 2.65. The zero-order valence-corrected chi connectivity index (χ0v) is 20.4. The Morgan fingerprint density at radius 1 is 1.23 bits per heavy atom. The quantitative estimate of drug-likeness (QED) is 0.290. The van der Waals surface area contributed by atoms with Gasteiger partial charge in [0.1, 0.15) is 10.7 Å². The molecule has 0 saturated carbocycles. The minimum atomic E-state index is -0.927. The van der Waals surface area contributed by atoms with Crippen LogP contribution in [-0.2, 0) is 20.7 Å². The summed E-state index contributed by atoms with van der Waals surface area (Å²) >= 11 is 5.04. The number of unbranched alkanes of at least 4 members (excludes halogenated alkanes) is 1. The molecule has 166 valence electrons. The van der Waals surface area contributed by atoms with Gasteiger partial charge in [0.2, 0.25) is 5.91 Å². The fraction of sp³-hybridized carbons (Fsp3) is 0.636. The number of benzene rings is 1. The smallest absolute Gasteiger partial charge is 0.315 e. The first-order chi connectivity index (χ1) is 14.5. The number of nitrogens with zero attached hydrogens (tertiary/aromatic N) is 1. The van der Waals surface area contributed by atoms with E-state index in [1.807, 2.05) is 24.0 Å². The van der Waals surface area contributed by atoms with Crippen LogP contribution in [0, 0.1) is 5.41 Å². The number of rotatable bonds is 9. The fourth-order valence-corrected chi connectivity index (χ4v) is 6.58. The molecule has 3 rings (SSSR count). The Balaban J connectivity index is 2.21. The highest BCUT2D eigenvalue weighted by molar-refractivity contribution is 9.09. The average Bonchev–Trinajstić information content (AvgIpc) is 3.01. The lowest BCUT2D eigenvalue weighted by Gasteiger charge is -2.41. The van der Waals surface area contributed by atoms with E-state index in [1.54, 1.807) is 26.0 Å². The van der Waals surface area contributed by atoms with Crippen molar-refractivity contribution in [2.45, 2.75) is 43.9 Å². The molecule has 0 radical (unpaired) electrons. The highest BCUT2D eigenvalue weighted by Crippen LogP contribution is 2.58. The van der Waals surface area contributed by atoms with Crippen LogP contribution in [-0.4, -0.2) is 61.0 Å². The summed E-state index contributed by atoms with van der Waals surface area (Å²) < 4.78 is 16.4. The van der Waals surface area contributed by atoms with Gasteiger partial charge in [0.15, 0.2) is 11.5 Å². The first-order valence-corrected chi connectivity index (χ1v) is 12.5. The number of esters is 1. The normalized spacial score (nSPS) is 25.0. The summed E-state index contributed by atoms with van der Waals surface area (Å²) in [6.07, 6.45) is 3.09. The second kappa shape index (κ2) is 9.81. The number of methoxy groups -OCH3 is 3. The zero-order chi connectivity index (χ0) is 21.9. The van der Waals surface area contributed by atoms with E-state index in [0.29, 0.717) is 24.5 Å². The third-order valence-electron chi connectivity index (χ3n) is 6.21. The van der Waals surface area contributed by atoms with Crippen molar-refractivity contribution in [3.63, 3.8) is 0 Å². The summed E-state index contributed by atoms with van der Waals surface area (Å²) in [6, 6.07) is 3.57. The van der Waals surface area contributed by atoms with Gasteiger partial charge >= 0.3 is 5.97 Å². The van der Waals surface area contributed by atoms with Crippen LogP contribution in [0.15, 0.2) is 12.1 Å². The van der Waals surface area contributed by atoms with Gasteiger partial charge in [0.25, 0.3) is 0 Å². The summed E-state index contributed by atoms with van der Waals surface area (Å²) in [5, 5.41) is 0.411. The zero-order valence-electron chi connectivity index (χ0n) is 18.0. The Morgan fingerprint density at radius 2 is 1.93 bits per heavy atom. The van der Waals surface area contributed by atoms with Crippen molar-refractivity contribution >= 4 is 39.6 Å². The molecule has 0 bridgehead atoms. The number of halogens is 1. The van der Waals surface area contributed by atoms with E-state index in [9.17, 15) is 9.59 Å². The monoisotopic (exact) mass is 499 g/mol. The van der Waals surface area contributed by atoms with E-state index in [2.05, 4.69) is 15.9 Å². The molecule has 3 atom stereocenters. The van der Waals surface area contributed by atoms with Crippen LogP contribution in [0.3, 0.4) is 0 Å². The van der Waals surface area contributed by atoms with E-state index in [-0.39, 0.29) is 17.9 Å². The number of ether oxygens (including phenoxy) is 3. The lowest BCUT2D eigenvalue weighted by Crippen LogP contribution is -2.45. The molecule has 1 amide bonds. The van der Waals surface area contributed by atoms with Crippen LogP contribution < -0.4 is 9.47 Å². The minimum absolute atomic E-state index is 0.0385. The summed E-state index contributed by atoms with van der Waals surface area (Å²) in [4.78, 5) is 28.8. The number of amides is 1. The molecule has 0 spiro atoms. The molecule has 1 saturated heterocycles. The van der Waals surface area contributed by atoms with Gasteiger partial charge in [-0.05, 0) is 48.3 Å². The number of fused-ring (bicyclic) bond motifs is 3. The molecule has 0 aromatic heterocycles. The predicted octanol–water partition coefficient (Wildman–Crippen LogP) is 3.99. The van der Waals surface area contributed by atoms with E-state index >= 15 is 0 Å². The minimum Gasteiger partial charge on any atom is -0.493 e. The van der Waals surface area contributed by atoms with Gasteiger partial charge in [-0.15, -0.1) is 11.8 Å². The Bertz CT molecular complexity index is 804. The number of carbonyl (C=O) groups excluding carboxylic acids is 2. The van der Waals surface area contributed by atoms with Crippen LogP contribution in [0.4, 0.5) is 0 Å². The van der Waals surface area contributed by atoms with E-state index in [4.69, 9.17) is 14.2 Å². The van der Waals surface area contributed by atoms with Crippen LogP contribution in [0.25, 0.3) is 0 Å². The molecular formula is C22H30BrNO5S. The Labute approximate surface area is 191 Å². The van der Waals surface area contributed by atoms with Gasteiger partial charge in [-0.2, -0.15) is 0 Å². The van der Waals surface area contributed by atoms with Crippen molar-refractivity contribution in [3.8, 4) is 11.5 Å². The summed E-state index contributed by atoms with van der Waals surface area (Å²) in [7, 11) is 4.64. The molecule has 2 aliphatic heterocycles. The average molecular weight is 500 g/mol. The number of alkyl halides is 1. The molecule has 0 N–H and O–H groups in total. The largest absolute Gasteiger partial charge is 0.493 e. The van der Waals surface area contributed by atoms with Crippen molar-refractivity contribution in [1.82, 2.24) is 4.90 Å². The van der Waals surface area contributed by atoms with Crippen LogP contribution >= 0.6 is 27.7 Å². The molecule has 8 heteroatoms. The Morgan fingerprint density at radius 3 is 2.53 bits per heavy atom. The molecule has 2 aliphatic rings. The SMILES string of the molecule is CCS[C@@H]1C(=O)N2CCc3cc(OC)c(OC)cc3[C@@H]2[C@]1(CCCCBr)C(=O)OC. The molecular weight excluding hydrogens is 470 g/mol. The summed E-state index contributed by atoms with van der Waals surface area (Å²) in [5.41, 5.74) is 1.14. The van der Waals surface area contributed by atoms with Crippen molar-refractivity contribution in [2.75, 3.05) is 39.0 Å². The first-order valence-electron chi connectivity index (χ1n) is 10.3. The molecule has 1 aromatic carbocycles. The van der Waals surface area contributed by atoms with Crippen LogP contribution in [0.5, 0.6) is 11.5 Å². The van der Waals surface area contributed by atoms with Gasteiger partial charge < -0.3 is 19.1 Å². The van der Waals surface area contributed by atoms with Crippen molar-refractivity contribution in [1.29, 1.82) is 0 Å². The topological polar surface area (TPSA) is 65.1 Å². The number of thioether (sulfide) groups is 1. The molecule has 1 aromatic rings. The maximum absolute atomic E-state index is 13.5. The predicted molar refractivity (Wildman–Crippen MR) is 122 cm³/mol. The van der Waals surface area contributed by atoms with E-state index < -0.39 is 10.7 Å². The third kappa shape index (κ3) is 3.70. The standard InChI is InChI=1S/C22H30BrNO5S/c1-5-30-19-20(25)24-11-8-14-12-16(27-2)17(28-3)13-15(14)18(24)22(19,21(26)29-4)9-6-7-10-23/h12-13,18-19H,5-11H2,1-4H3/t18-,19-,22+/m1/s1. The van der Waals surface area contributed by atoms with Gasteiger partial charge in [-0.1, -0.05) is 29.3 Å². The summed E-state index contributed by atoms with van der Waals surface area (Å²) in [6.45, 7) is 2.61. The highest BCUT2D eigenvalue weighted by atomic mass is 79.9. The van der Waals surface area contributed by atoms with Crippen molar-refractivity contribution in [3.05, 3.63) is 23.3 Å². The van der Waals surface area contributed by atoms with Gasteiger partial charge in [0.05, 0.1) is 27.4 Å². The maximum Gasteiger partial charge on any atom is 0.315 e. The van der Waals surface area contributed by atoms with Gasteiger partial charge in [-0.3, -0.25) is 9.59 Å². The lowest BCUT2D eigenvalue weighted by molar-refractivity contribution is -0.155. The second-order valence-corrected chi connectivity index (χ2v) is 9.78. The molecule has 30 heavy (non-hydrogen) atoms. The fourth-order valence-electron chi connectivity index (χ4n) is 4.93.